The number of fused-ring (bicyclic) bond motifs is 8. The summed E-state index contributed by atoms with van der Waals surface area (Å²) >= 11 is 0. The van der Waals surface area contributed by atoms with Gasteiger partial charge in [0.2, 0.25) is 0 Å². The summed E-state index contributed by atoms with van der Waals surface area (Å²) in [7, 11) is 0. The SMILES string of the molecule is Cc1cc2ccccc2c2oc3cccc(Cc4c5ccccc5c(-c5cccc6ccccc56)c5ccccc45)c3c12. The first-order valence-electron chi connectivity index (χ1n) is 15.0. The minimum Gasteiger partial charge on any atom is -0.455 e. The fourth-order valence-corrected chi connectivity index (χ4v) is 7.40. The van der Waals surface area contributed by atoms with Gasteiger partial charge < -0.3 is 4.42 Å². The molecule has 9 rings (SSSR count). The Hall–Kier alpha value is -5.40. The van der Waals surface area contributed by atoms with E-state index in [-0.39, 0.29) is 0 Å². The highest BCUT2D eigenvalue weighted by Crippen LogP contribution is 2.44. The van der Waals surface area contributed by atoms with Gasteiger partial charge in [0.25, 0.3) is 0 Å². The highest BCUT2D eigenvalue weighted by molar-refractivity contribution is 6.20. The van der Waals surface area contributed by atoms with Gasteiger partial charge in [-0.2, -0.15) is 0 Å². The zero-order valence-corrected chi connectivity index (χ0v) is 23.9. The molecule has 0 saturated carbocycles. The van der Waals surface area contributed by atoms with Gasteiger partial charge in [0.15, 0.2) is 0 Å². The minimum atomic E-state index is 0.815. The van der Waals surface area contributed by atoms with E-state index in [1.807, 2.05) is 0 Å². The van der Waals surface area contributed by atoms with Crippen molar-refractivity contribution in [3.05, 3.63) is 156 Å². The van der Waals surface area contributed by atoms with Gasteiger partial charge in [0.05, 0.1) is 0 Å². The van der Waals surface area contributed by atoms with Crippen LogP contribution in [-0.2, 0) is 6.42 Å². The van der Waals surface area contributed by atoms with Crippen LogP contribution in [0.4, 0.5) is 0 Å². The molecule has 43 heavy (non-hydrogen) atoms. The van der Waals surface area contributed by atoms with Crippen LogP contribution in [0.3, 0.4) is 0 Å². The Labute approximate surface area is 249 Å². The molecule has 0 amide bonds. The van der Waals surface area contributed by atoms with Crippen molar-refractivity contribution >= 4 is 65.0 Å². The average Bonchev–Trinajstić information content (AvgIpc) is 3.46. The fourth-order valence-electron chi connectivity index (χ4n) is 7.40. The second kappa shape index (κ2) is 9.31. The first kappa shape index (κ1) is 24.2. The van der Waals surface area contributed by atoms with Crippen LogP contribution in [0.15, 0.2) is 144 Å². The third-order valence-electron chi connectivity index (χ3n) is 9.24. The molecule has 0 unspecified atom stereocenters. The monoisotopic (exact) mass is 548 g/mol. The topological polar surface area (TPSA) is 13.1 Å². The van der Waals surface area contributed by atoms with Crippen LogP contribution < -0.4 is 0 Å². The summed E-state index contributed by atoms with van der Waals surface area (Å²) in [6.45, 7) is 2.21. The molecule has 0 atom stereocenters. The van der Waals surface area contributed by atoms with Crippen molar-refractivity contribution < 1.29 is 4.42 Å². The molecule has 0 saturated heterocycles. The van der Waals surface area contributed by atoms with Gasteiger partial charge >= 0.3 is 0 Å². The number of rotatable bonds is 3. The van der Waals surface area contributed by atoms with Crippen LogP contribution in [0.2, 0.25) is 0 Å². The maximum absolute atomic E-state index is 6.62. The van der Waals surface area contributed by atoms with E-state index in [2.05, 4.69) is 146 Å². The summed E-state index contributed by atoms with van der Waals surface area (Å²) in [5, 5.41) is 12.6. The molecule has 1 heteroatoms. The van der Waals surface area contributed by atoms with Gasteiger partial charge in [-0.1, -0.05) is 133 Å². The summed E-state index contributed by atoms with van der Waals surface area (Å²) in [5.41, 5.74) is 8.43. The molecule has 1 nitrogen and oxygen atoms in total. The Morgan fingerprint density at radius 1 is 0.488 bits per heavy atom. The van der Waals surface area contributed by atoms with E-state index in [4.69, 9.17) is 4.42 Å². The van der Waals surface area contributed by atoms with E-state index in [1.54, 1.807) is 0 Å². The summed E-state index contributed by atoms with van der Waals surface area (Å²) < 4.78 is 6.62. The largest absolute Gasteiger partial charge is 0.455 e. The highest BCUT2D eigenvalue weighted by Gasteiger charge is 2.20. The molecule has 0 radical (unpaired) electrons. The van der Waals surface area contributed by atoms with Crippen LogP contribution in [0.25, 0.3) is 76.2 Å². The maximum atomic E-state index is 6.62. The van der Waals surface area contributed by atoms with Crippen molar-refractivity contribution in [3.8, 4) is 11.1 Å². The average molecular weight is 549 g/mol. The first-order chi connectivity index (χ1) is 21.3. The first-order valence-corrected chi connectivity index (χ1v) is 15.0. The standard InChI is InChI=1S/C42H28O/c1-26-24-28-13-3-5-17-31(28)42-39(26)40-29(15-11-23-38(40)43-42)25-37-32-18-6-8-20-35(32)41(36-21-9-7-19-33(36)37)34-22-10-14-27-12-2-4-16-30(27)34/h2-24H,25H2,1H3. The predicted molar refractivity (Wildman–Crippen MR) is 183 cm³/mol. The molecule has 1 aromatic heterocycles. The Balaban J connectivity index is 1.35. The van der Waals surface area contributed by atoms with Gasteiger partial charge in [-0.15, -0.1) is 0 Å². The summed E-state index contributed by atoms with van der Waals surface area (Å²) in [6.07, 6.45) is 0.815. The highest BCUT2D eigenvalue weighted by atomic mass is 16.3. The third kappa shape index (κ3) is 3.58. The van der Waals surface area contributed by atoms with Crippen molar-refractivity contribution in [2.45, 2.75) is 13.3 Å². The lowest BCUT2D eigenvalue weighted by Gasteiger charge is -2.19. The number of aryl methyl sites for hydroxylation is 1. The molecule has 8 aromatic carbocycles. The Morgan fingerprint density at radius 2 is 1.07 bits per heavy atom. The van der Waals surface area contributed by atoms with E-state index in [0.717, 1.165) is 17.6 Å². The normalized spacial score (nSPS) is 11.9. The van der Waals surface area contributed by atoms with E-state index < -0.39 is 0 Å². The summed E-state index contributed by atoms with van der Waals surface area (Å²) in [4.78, 5) is 0. The van der Waals surface area contributed by atoms with E-state index in [1.165, 1.54) is 81.7 Å². The predicted octanol–water partition coefficient (Wildman–Crippen LogP) is 11.8. The molecule has 9 aromatic rings. The van der Waals surface area contributed by atoms with Crippen molar-refractivity contribution in [2.75, 3.05) is 0 Å². The molecule has 1 heterocycles. The van der Waals surface area contributed by atoms with Gasteiger partial charge in [-0.05, 0) is 84.9 Å². The van der Waals surface area contributed by atoms with Gasteiger partial charge in [-0.25, -0.2) is 0 Å². The van der Waals surface area contributed by atoms with E-state index in [0.29, 0.717) is 0 Å². The van der Waals surface area contributed by atoms with Crippen molar-refractivity contribution in [1.29, 1.82) is 0 Å². The van der Waals surface area contributed by atoms with Crippen molar-refractivity contribution in [2.24, 2.45) is 0 Å². The second-order valence-electron chi connectivity index (χ2n) is 11.7. The molecular formula is C42H28O. The lowest BCUT2D eigenvalue weighted by atomic mass is 9.84. The number of benzene rings is 8. The number of hydrogen-bond donors (Lipinski definition) is 0. The number of hydrogen-bond acceptors (Lipinski definition) is 1. The van der Waals surface area contributed by atoms with Crippen LogP contribution in [0, 0.1) is 6.92 Å². The van der Waals surface area contributed by atoms with E-state index >= 15 is 0 Å². The molecule has 202 valence electrons. The lowest BCUT2D eigenvalue weighted by molar-refractivity contribution is 0.672. The van der Waals surface area contributed by atoms with Gasteiger partial charge in [0.1, 0.15) is 11.2 Å². The smallest absolute Gasteiger partial charge is 0.143 e. The molecule has 0 spiro atoms. The van der Waals surface area contributed by atoms with Gasteiger partial charge in [0, 0.05) is 16.2 Å². The minimum absolute atomic E-state index is 0.815. The van der Waals surface area contributed by atoms with E-state index in [9.17, 15) is 0 Å². The lowest BCUT2D eigenvalue weighted by Crippen LogP contribution is -1.96. The van der Waals surface area contributed by atoms with Crippen LogP contribution in [-0.4, -0.2) is 0 Å². The molecule has 0 aliphatic heterocycles. The van der Waals surface area contributed by atoms with Crippen molar-refractivity contribution in [3.63, 3.8) is 0 Å². The third-order valence-corrected chi connectivity index (χ3v) is 9.24. The second-order valence-corrected chi connectivity index (χ2v) is 11.7. The molecule has 0 N–H and O–H groups in total. The Kier molecular flexibility index (Phi) is 5.24. The summed E-state index contributed by atoms with van der Waals surface area (Å²) in [6, 6.07) is 50.7. The van der Waals surface area contributed by atoms with Crippen molar-refractivity contribution in [1.82, 2.24) is 0 Å². The zero-order chi connectivity index (χ0) is 28.5. The maximum Gasteiger partial charge on any atom is 0.143 e. The quantitative estimate of drug-likeness (QED) is 0.200. The summed E-state index contributed by atoms with van der Waals surface area (Å²) in [5.74, 6) is 0. The molecule has 0 aliphatic rings. The molecule has 0 fully saturated rings. The molecular weight excluding hydrogens is 520 g/mol. The van der Waals surface area contributed by atoms with Gasteiger partial charge in [-0.3, -0.25) is 0 Å². The molecule has 0 aliphatic carbocycles. The van der Waals surface area contributed by atoms with Crippen LogP contribution in [0.5, 0.6) is 0 Å². The zero-order valence-electron chi connectivity index (χ0n) is 23.9. The fraction of sp³-hybridized carbons (Fsp3) is 0.0476. The number of furan rings is 1. The Morgan fingerprint density at radius 3 is 1.81 bits per heavy atom. The van der Waals surface area contributed by atoms with Crippen LogP contribution >= 0.6 is 0 Å². The Bertz CT molecular complexity index is 2480. The molecule has 0 bridgehead atoms. The van der Waals surface area contributed by atoms with Crippen LogP contribution in [0.1, 0.15) is 16.7 Å².